The number of hydrogen-bond donors (Lipinski definition) is 0. The van der Waals surface area contributed by atoms with E-state index in [0.717, 1.165) is 11.3 Å². The van der Waals surface area contributed by atoms with E-state index in [0.29, 0.717) is 44.9 Å². The predicted molar refractivity (Wildman–Crippen MR) is 103 cm³/mol. The topological polar surface area (TPSA) is 75.9 Å². The van der Waals surface area contributed by atoms with E-state index in [1.54, 1.807) is 18.2 Å². The van der Waals surface area contributed by atoms with Crippen LogP contribution in [0.3, 0.4) is 0 Å². The van der Waals surface area contributed by atoms with Crippen LogP contribution in [0.4, 0.5) is 11.4 Å². The second-order valence-electron chi connectivity index (χ2n) is 6.37. The molecule has 0 bridgehead atoms. The van der Waals surface area contributed by atoms with Crippen LogP contribution in [0, 0.1) is 10.1 Å². The SMILES string of the molecule is CCOc1ccc(CC(=O)N2CCN(c3ccccc3[N+](=O)[O-])CC2)cc1. The van der Waals surface area contributed by atoms with Crippen molar-refractivity contribution < 1.29 is 14.5 Å². The second kappa shape index (κ2) is 8.53. The van der Waals surface area contributed by atoms with E-state index in [1.807, 2.05) is 41.0 Å². The maximum atomic E-state index is 12.6. The summed E-state index contributed by atoms with van der Waals surface area (Å²) in [7, 11) is 0. The molecule has 0 unspecified atom stereocenters. The molecule has 1 amide bonds. The molecule has 0 spiro atoms. The van der Waals surface area contributed by atoms with Crippen LogP contribution in [0.2, 0.25) is 0 Å². The van der Waals surface area contributed by atoms with Crippen LogP contribution in [-0.4, -0.2) is 48.5 Å². The lowest BCUT2D eigenvalue weighted by molar-refractivity contribution is -0.384. The first-order chi connectivity index (χ1) is 13.1. The average Bonchev–Trinajstić information content (AvgIpc) is 2.70. The third-order valence-corrected chi connectivity index (χ3v) is 4.64. The molecule has 1 fully saturated rings. The number of nitrogens with zero attached hydrogens (tertiary/aromatic N) is 3. The summed E-state index contributed by atoms with van der Waals surface area (Å²) in [5.74, 6) is 0.869. The summed E-state index contributed by atoms with van der Waals surface area (Å²) in [6, 6.07) is 14.3. The number of benzene rings is 2. The van der Waals surface area contributed by atoms with Crippen LogP contribution >= 0.6 is 0 Å². The summed E-state index contributed by atoms with van der Waals surface area (Å²) in [6.07, 6.45) is 0.345. The molecule has 1 heterocycles. The van der Waals surface area contributed by atoms with Crippen LogP contribution in [0.25, 0.3) is 0 Å². The largest absolute Gasteiger partial charge is 0.494 e. The average molecular weight is 369 g/mol. The summed E-state index contributed by atoms with van der Waals surface area (Å²) in [6.45, 7) is 4.83. The zero-order chi connectivity index (χ0) is 19.2. The quantitative estimate of drug-likeness (QED) is 0.578. The number of rotatable bonds is 6. The van der Waals surface area contributed by atoms with Gasteiger partial charge in [0.2, 0.25) is 5.91 Å². The van der Waals surface area contributed by atoms with Gasteiger partial charge in [-0.15, -0.1) is 0 Å². The van der Waals surface area contributed by atoms with Gasteiger partial charge < -0.3 is 14.5 Å². The molecule has 0 N–H and O–H groups in total. The number of ether oxygens (including phenoxy) is 1. The van der Waals surface area contributed by atoms with Gasteiger partial charge in [0.25, 0.3) is 5.69 Å². The van der Waals surface area contributed by atoms with Crippen LogP contribution in [0.1, 0.15) is 12.5 Å². The lowest BCUT2D eigenvalue weighted by Gasteiger charge is -2.35. The molecule has 142 valence electrons. The molecule has 1 saturated heterocycles. The zero-order valence-corrected chi connectivity index (χ0v) is 15.3. The van der Waals surface area contributed by atoms with Crippen LogP contribution in [0.5, 0.6) is 5.75 Å². The van der Waals surface area contributed by atoms with Crippen molar-refractivity contribution in [1.82, 2.24) is 4.90 Å². The van der Waals surface area contributed by atoms with E-state index < -0.39 is 0 Å². The highest BCUT2D eigenvalue weighted by molar-refractivity contribution is 5.79. The molecule has 3 rings (SSSR count). The maximum Gasteiger partial charge on any atom is 0.292 e. The van der Waals surface area contributed by atoms with Gasteiger partial charge in [-0.05, 0) is 30.7 Å². The Kier molecular flexibility index (Phi) is 5.90. The van der Waals surface area contributed by atoms with Gasteiger partial charge in [-0.25, -0.2) is 0 Å². The molecule has 2 aromatic rings. The minimum atomic E-state index is -0.362. The molecular weight excluding hydrogens is 346 g/mol. The molecular formula is C20H23N3O4. The molecule has 7 heteroatoms. The minimum Gasteiger partial charge on any atom is -0.494 e. The molecule has 1 aliphatic heterocycles. The van der Waals surface area contributed by atoms with E-state index in [4.69, 9.17) is 4.74 Å². The Morgan fingerprint density at radius 2 is 1.74 bits per heavy atom. The molecule has 27 heavy (non-hydrogen) atoms. The van der Waals surface area contributed by atoms with Crippen molar-refractivity contribution in [2.45, 2.75) is 13.3 Å². The number of hydrogen-bond acceptors (Lipinski definition) is 5. The summed E-state index contributed by atoms with van der Waals surface area (Å²) >= 11 is 0. The first kappa shape index (κ1) is 18.7. The standard InChI is InChI=1S/C20H23N3O4/c1-2-27-17-9-7-16(8-10-17)15-20(24)22-13-11-21(12-14-22)18-5-3-4-6-19(18)23(25)26/h3-10H,2,11-15H2,1H3. The number of amides is 1. The third-order valence-electron chi connectivity index (χ3n) is 4.64. The van der Waals surface area contributed by atoms with Crippen LogP contribution in [-0.2, 0) is 11.2 Å². The fourth-order valence-corrected chi connectivity index (χ4v) is 3.24. The fourth-order valence-electron chi connectivity index (χ4n) is 3.24. The second-order valence-corrected chi connectivity index (χ2v) is 6.37. The molecule has 0 saturated carbocycles. The van der Waals surface area contributed by atoms with Crippen molar-refractivity contribution in [3.8, 4) is 5.75 Å². The lowest BCUT2D eigenvalue weighted by Crippen LogP contribution is -2.49. The number of para-hydroxylation sites is 2. The Morgan fingerprint density at radius 1 is 1.07 bits per heavy atom. The number of carbonyl (C=O) groups excluding carboxylic acids is 1. The fraction of sp³-hybridized carbons (Fsp3) is 0.350. The molecule has 1 aliphatic rings. The van der Waals surface area contributed by atoms with E-state index in [2.05, 4.69) is 0 Å². The van der Waals surface area contributed by atoms with Gasteiger partial charge >= 0.3 is 0 Å². The van der Waals surface area contributed by atoms with E-state index in [9.17, 15) is 14.9 Å². The number of carbonyl (C=O) groups is 1. The van der Waals surface area contributed by atoms with Gasteiger partial charge in [-0.2, -0.15) is 0 Å². The van der Waals surface area contributed by atoms with Crippen LogP contribution in [0.15, 0.2) is 48.5 Å². The zero-order valence-electron chi connectivity index (χ0n) is 15.3. The number of piperazine rings is 1. The Balaban J connectivity index is 1.57. The van der Waals surface area contributed by atoms with E-state index in [-0.39, 0.29) is 16.5 Å². The van der Waals surface area contributed by atoms with Gasteiger partial charge in [0.1, 0.15) is 11.4 Å². The van der Waals surface area contributed by atoms with Crippen molar-refractivity contribution in [1.29, 1.82) is 0 Å². The van der Waals surface area contributed by atoms with Crippen molar-refractivity contribution >= 4 is 17.3 Å². The van der Waals surface area contributed by atoms with Crippen molar-refractivity contribution in [2.24, 2.45) is 0 Å². The summed E-state index contributed by atoms with van der Waals surface area (Å²) in [5, 5.41) is 11.2. The first-order valence-corrected chi connectivity index (χ1v) is 9.06. The number of nitro groups is 1. The Labute approximate surface area is 158 Å². The van der Waals surface area contributed by atoms with Crippen molar-refractivity contribution in [3.63, 3.8) is 0 Å². The summed E-state index contributed by atoms with van der Waals surface area (Å²) in [4.78, 5) is 27.2. The third kappa shape index (κ3) is 4.55. The van der Waals surface area contributed by atoms with Gasteiger partial charge in [-0.1, -0.05) is 24.3 Å². The Morgan fingerprint density at radius 3 is 2.37 bits per heavy atom. The normalized spacial score (nSPS) is 14.1. The molecule has 0 aliphatic carbocycles. The number of anilines is 1. The maximum absolute atomic E-state index is 12.6. The molecule has 0 atom stereocenters. The van der Waals surface area contributed by atoms with Crippen molar-refractivity contribution in [2.75, 3.05) is 37.7 Å². The predicted octanol–water partition coefficient (Wildman–Crippen LogP) is 2.88. The van der Waals surface area contributed by atoms with Gasteiger partial charge in [0.05, 0.1) is 18.0 Å². The molecule has 7 nitrogen and oxygen atoms in total. The van der Waals surface area contributed by atoms with E-state index >= 15 is 0 Å². The lowest BCUT2D eigenvalue weighted by atomic mass is 10.1. The van der Waals surface area contributed by atoms with Crippen LogP contribution < -0.4 is 9.64 Å². The number of nitro benzene ring substituents is 1. The highest BCUT2D eigenvalue weighted by Gasteiger charge is 2.25. The highest BCUT2D eigenvalue weighted by atomic mass is 16.6. The highest BCUT2D eigenvalue weighted by Crippen LogP contribution is 2.28. The van der Waals surface area contributed by atoms with Gasteiger partial charge in [0.15, 0.2) is 0 Å². The monoisotopic (exact) mass is 369 g/mol. The summed E-state index contributed by atoms with van der Waals surface area (Å²) < 4.78 is 5.41. The molecule has 0 aromatic heterocycles. The van der Waals surface area contributed by atoms with Gasteiger partial charge in [0, 0.05) is 32.2 Å². The Bertz CT molecular complexity index is 799. The van der Waals surface area contributed by atoms with E-state index in [1.165, 1.54) is 6.07 Å². The summed E-state index contributed by atoms with van der Waals surface area (Å²) in [5.41, 5.74) is 1.66. The van der Waals surface area contributed by atoms with Crippen molar-refractivity contribution in [3.05, 3.63) is 64.2 Å². The first-order valence-electron chi connectivity index (χ1n) is 9.06. The smallest absolute Gasteiger partial charge is 0.292 e. The molecule has 0 radical (unpaired) electrons. The minimum absolute atomic E-state index is 0.0707. The Hall–Kier alpha value is -3.09. The van der Waals surface area contributed by atoms with Gasteiger partial charge in [-0.3, -0.25) is 14.9 Å². The molecule has 2 aromatic carbocycles.